The Hall–Kier alpha value is -2.34. The summed E-state index contributed by atoms with van der Waals surface area (Å²) in [5.41, 5.74) is 3.77. The average Bonchev–Trinajstić information content (AvgIpc) is 2.62. The summed E-state index contributed by atoms with van der Waals surface area (Å²) in [4.78, 5) is 6.98. The van der Waals surface area contributed by atoms with Crippen molar-refractivity contribution in [3.05, 3.63) is 65.2 Å². The van der Waals surface area contributed by atoms with Crippen LogP contribution in [0.3, 0.4) is 0 Å². The highest BCUT2D eigenvalue weighted by Gasteiger charge is 2.18. The Morgan fingerprint density at radius 3 is 2.44 bits per heavy atom. The normalized spacial score (nSPS) is 15.0. The summed E-state index contributed by atoms with van der Waals surface area (Å²) in [6, 6.07) is 15.5. The van der Waals surface area contributed by atoms with Crippen LogP contribution in [0, 0.1) is 0 Å². The zero-order chi connectivity index (χ0) is 17.9. The molecule has 1 N–H and O–H groups in total. The molecule has 2 aromatic carbocycles. The van der Waals surface area contributed by atoms with Gasteiger partial charge in [0.2, 0.25) is 0 Å². The molecule has 0 saturated heterocycles. The highest BCUT2D eigenvalue weighted by atomic mass is 32.2. The second kappa shape index (κ2) is 7.27. The molecule has 5 nitrogen and oxygen atoms in total. The Kier molecular flexibility index (Phi) is 5.08. The van der Waals surface area contributed by atoms with Crippen LogP contribution in [0.1, 0.15) is 16.7 Å². The van der Waals surface area contributed by atoms with E-state index in [0.29, 0.717) is 11.4 Å². The molecule has 1 aliphatic heterocycles. The van der Waals surface area contributed by atoms with Crippen LogP contribution in [0.15, 0.2) is 58.4 Å². The van der Waals surface area contributed by atoms with Gasteiger partial charge >= 0.3 is 0 Å². The number of nitrogens with zero attached hydrogens (tertiary/aromatic N) is 2. The van der Waals surface area contributed by atoms with E-state index in [-0.39, 0.29) is 0 Å². The fourth-order valence-electron chi connectivity index (χ4n) is 3.04. The summed E-state index contributed by atoms with van der Waals surface area (Å²) in [6.07, 6.45) is 2.23. The third-order valence-electron chi connectivity index (χ3n) is 4.44. The van der Waals surface area contributed by atoms with Gasteiger partial charge in [-0.3, -0.25) is 4.99 Å². The van der Waals surface area contributed by atoms with E-state index in [2.05, 4.69) is 39.5 Å². The van der Waals surface area contributed by atoms with Crippen LogP contribution in [-0.2, 0) is 29.3 Å². The van der Waals surface area contributed by atoms with Crippen molar-refractivity contribution >= 4 is 15.8 Å². The van der Waals surface area contributed by atoms with Crippen LogP contribution in [-0.4, -0.2) is 39.1 Å². The third-order valence-corrected chi connectivity index (χ3v) is 5.57. The molecule has 0 unspecified atom stereocenters. The summed E-state index contributed by atoms with van der Waals surface area (Å²) in [6.45, 7) is 2.39. The smallest absolute Gasteiger partial charge is 0.194 e. The first-order valence-corrected chi connectivity index (χ1v) is 10.2. The second-order valence-electron chi connectivity index (χ2n) is 6.26. The Bertz CT molecular complexity index is 874. The second-order valence-corrected chi connectivity index (χ2v) is 8.27. The molecule has 25 heavy (non-hydrogen) atoms. The molecule has 1 heterocycles. The van der Waals surface area contributed by atoms with Gasteiger partial charge in [0.15, 0.2) is 15.8 Å². The molecule has 0 atom stereocenters. The number of guanidine groups is 1. The summed E-state index contributed by atoms with van der Waals surface area (Å²) < 4.78 is 23.0. The Morgan fingerprint density at radius 2 is 1.80 bits per heavy atom. The van der Waals surface area contributed by atoms with Gasteiger partial charge in [0.1, 0.15) is 0 Å². The lowest BCUT2D eigenvalue weighted by atomic mass is 10.0. The molecule has 0 saturated carbocycles. The molecular weight excluding hydrogens is 334 g/mol. The maximum atomic E-state index is 11.5. The lowest BCUT2D eigenvalue weighted by Crippen LogP contribution is -2.43. The number of rotatable bonds is 3. The topological polar surface area (TPSA) is 61.8 Å². The molecule has 132 valence electrons. The SMILES string of the molecule is CN=C(NCc1ccc(S(C)(=O)=O)cc1)N1CCc2ccccc2C1. The molecule has 0 amide bonds. The van der Waals surface area contributed by atoms with Gasteiger partial charge < -0.3 is 10.2 Å². The highest BCUT2D eigenvalue weighted by Crippen LogP contribution is 2.18. The van der Waals surface area contributed by atoms with E-state index in [1.807, 2.05) is 12.1 Å². The zero-order valence-electron chi connectivity index (χ0n) is 14.6. The van der Waals surface area contributed by atoms with Crippen molar-refractivity contribution in [2.75, 3.05) is 19.8 Å². The van der Waals surface area contributed by atoms with Crippen molar-refractivity contribution in [1.82, 2.24) is 10.2 Å². The summed E-state index contributed by atoms with van der Waals surface area (Å²) in [7, 11) is -1.37. The van der Waals surface area contributed by atoms with Gasteiger partial charge in [0.05, 0.1) is 4.90 Å². The van der Waals surface area contributed by atoms with Gasteiger partial charge in [-0.05, 0) is 35.2 Å². The van der Waals surface area contributed by atoms with Crippen molar-refractivity contribution in [3.8, 4) is 0 Å². The van der Waals surface area contributed by atoms with Gasteiger partial charge in [-0.1, -0.05) is 36.4 Å². The molecular formula is C19H23N3O2S. The Morgan fingerprint density at radius 1 is 1.12 bits per heavy atom. The minimum atomic E-state index is -3.15. The molecule has 2 aromatic rings. The number of sulfone groups is 1. The first-order chi connectivity index (χ1) is 12.0. The van der Waals surface area contributed by atoms with Crippen LogP contribution in [0.4, 0.5) is 0 Å². The molecule has 0 spiro atoms. The van der Waals surface area contributed by atoms with Gasteiger partial charge in [-0.25, -0.2) is 8.42 Å². The molecule has 0 aliphatic carbocycles. The van der Waals surface area contributed by atoms with E-state index in [1.54, 1.807) is 19.2 Å². The van der Waals surface area contributed by atoms with Crippen LogP contribution in [0.5, 0.6) is 0 Å². The van der Waals surface area contributed by atoms with Crippen molar-refractivity contribution < 1.29 is 8.42 Å². The van der Waals surface area contributed by atoms with Gasteiger partial charge in [-0.2, -0.15) is 0 Å². The van der Waals surface area contributed by atoms with E-state index in [9.17, 15) is 8.42 Å². The molecule has 0 radical (unpaired) electrons. The van der Waals surface area contributed by atoms with Gasteiger partial charge in [-0.15, -0.1) is 0 Å². The van der Waals surface area contributed by atoms with E-state index in [1.165, 1.54) is 17.4 Å². The van der Waals surface area contributed by atoms with Gasteiger partial charge in [0.25, 0.3) is 0 Å². The summed E-state index contributed by atoms with van der Waals surface area (Å²) in [5, 5.41) is 3.37. The predicted octanol–water partition coefficient (Wildman–Crippen LogP) is 2.22. The number of hydrogen-bond acceptors (Lipinski definition) is 3. The molecule has 0 aromatic heterocycles. The predicted molar refractivity (Wildman–Crippen MR) is 100 cm³/mol. The lowest BCUT2D eigenvalue weighted by molar-refractivity contribution is 0.378. The van der Waals surface area contributed by atoms with E-state index >= 15 is 0 Å². The first-order valence-electron chi connectivity index (χ1n) is 8.29. The fraction of sp³-hybridized carbons (Fsp3) is 0.316. The van der Waals surface area contributed by atoms with E-state index in [0.717, 1.165) is 31.0 Å². The number of fused-ring (bicyclic) bond motifs is 1. The number of hydrogen-bond donors (Lipinski definition) is 1. The lowest BCUT2D eigenvalue weighted by Gasteiger charge is -2.31. The van der Waals surface area contributed by atoms with Gasteiger partial charge in [0, 0.05) is 32.9 Å². The van der Waals surface area contributed by atoms with Crippen LogP contribution >= 0.6 is 0 Å². The maximum absolute atomic E-state index is 11.5. The monoisotopic (exact) mass is 357 g/mol. The van der Waals surface area contributed by atoms with Crippen molar-refractivity contribution in [3.63, 3.8) is 0 Å². The molecule has 6 heteroatoms. The van der Waals surface area contributed by atoms with Crippen molar-refractivity contribution in [2.45, 2.75) is 24.4 Å². The standard InChI is InChI=1S/C19H23N3O2S/c1-20-19(22-12-11-16-5-3-4-6-17(16)14-22)21-13-15-7-9-18(10-8-15)25(2,23)24/h3-10H,11-14H2,1-2H3,(H,20,21). The van der Waals surface area contributed by atoms with E-state index < -0.39 is 9.84 Å². The van der Waals surface area contributed by atoms with Crippen LogP contribution in [0.2, 0.25) is 0 Å². The van der Waals surface area contributed by atoms with Crippen molar-refractivity contribution in [1.29, 1.82) is 0 Å². The quantitative estimate of drug-likeness (QED) is 0.676. The fourth-order valence-corrected chi connectivity index (χ4v) is 3.67. The highest BCUT2D eigenvalue weighted by molar-refractivity contribution is 7.90. The van der Waals surface area contributed by atoms with Crippen LogP contribution in [0.25, 0.3) is 0 Å². The maximum Gasteiger partial charge on any atom is 0.194 e. The molecule has 1 aliphatic rings. The summed E-state index contributed by atoms with van der Waals surface area (Å²) in [5.74, 6) is 0.863. The minimum Gasteiger partial charge on any atom is -0.352 e. The van der Waals surface area contributed by atoms with Crippen molar-refractivity contribution in [2.24, 2.45) is 4.99 Å². The number of aliphatic imine (C=N–C) groups is 1. The van der Waals surface area contributed by atoms with Crippen LogP contribution < -0.4 is 5.32 Å². The number of nitrogens with one attached hydrogen (secondary N) is 1. The van der Waals surface area contributed by atoms with E-state index in [4.69, 9.17) is 0 Å². The average molecular weight is 357 g/mol. The zero-order valence-corrected chi connectivity index (χ0v) is 15.4. The number of benzene rings is 2. The first kappa shape index (κ1) is 17.5. The molecule has 0 bridgehead atoms. The largest absolute Gasteiger partial charge is 0.352 e. The molecule has 3 rings (SSSR count). The summed E-state index contributed by atoms with van der Waals surface area (Å²) >= 11 is 0. The Balaban J connectivity index is 1.64. The molecule has 0 fully saturated rings. The third kappa shape index (κ3) is 4.20. The Labute approximate surface area is 149 Å². The minimum absolute atomic E-state index is 0.341.